The fourth-order valence-electron chi connectivity index (χ4n) is 4.28. The first-order valence-electron chi connectivity index (χ1n) is 12.0. The molecule has 0 amide bonds. The average Bonchev–Trinajstić information content (AvgIpc) is 3.19. The zero-order valence-electron chi connectivity index (χ0n) is 20.6. The molecule has 11 heteroatoms. The van der Waals surface area contributed by atoms with Crippen LogP contribution in [0, 0.1) is 18.8 Å². The van der Waals surface area contributed by atoms with Gasteiger partial charge >= 0.3 is 5.97 Å². The van der Waals surface area contributed by atoms with E-state index in [-0.39, 0.29) is 12.0 Å². The highest BCUT2D eigenvalue weighted by Gasteiger charge is 2.28. The number of hydrogen-bond donors (Lipinski definition) is 2. The summed E-state index contributed by atoms with van der Waals surface area (Å²) in [6.45, 7) is 6.54. The lowest BCUT2D eigenvalue weighted by molar-refractivity contribution is -0.143. The van der Waals surface area contributed by atoms with Gasteiger partial charge in [0.15, 0.2) is 0 Å². The number of nitrogens with zero attached hydrogens (tertiary/aromatic N) is 7. The van der Waals surface area contributed by atoms with Gasteiger partial charge in [0.25, 0.3) is 0 Å². The van der Waals surface area contributed by atoms with E-state index >= 15 is 0 Å². The molecule has 1 fully saturated rings. The maximum atomic E-state index is 11.4. The largest absolute Gasteiger partial charge is 0.489 e. The van der Waals surface area contributed by atoms with Crippen LogP contribution < -0.4 is 10.1 Å². The quantitative estimate of drug-likeness (QED) is 0.469. The third-order valence-electron chi connectivity index (χ3n) is 6.12. The number of rotatable bonds is 9. The summed E-state index contributed by atoms with van der Waals surface area (Å²) >= 11 is 0. The highest BCUT2D eigenvalue weighted by molar-refractivity contribution is 5.70. The monoisotopic (exact) mass is 480 g/mol. The first kappa shape index (κ1) is 24.5. The van der Waals surface area contributed by atoms with Crippen molar-refractivity contribution in [1.82, 2.24) is 34.9 Å². The first-order valence-corrected chi connectivity index (χ1v) is 12.0. The summed E-state index contributed by atoms with van der Waals surface area (Å²) in [7, 11) is 1.83. The standard InChI is InChI=1S/C24H32N8O3/c1-14(2)10-21-26-13-27-24(29-21)25-12-19-22(30-31-32(19)4)18-8-9-20(15(3)28-18)35-17-7-5-6-16(11-17)23(33)34/h8-9,13-14,16-17H,5-7,10-12H2,1-4H3,(H,33,34)(H,25,26,27,29)/t16-,17-/m0/s1. The van der Waals surface area contributed by atoms with Gasteiger partial charge in [0.05, 0.1) is 35.6 Å². The molecule has 0 spiro atoms. The maximum Gasteiger partial charge on any atom is 0.306 e. The second-order valence-corrected chi connectivity index (χ2v) is 9.41. The van der Waals surface area contributed by atoms with Gasteiger partial charge < -0.3 is 15.2 Å². The van der Waals surface area contributed by atoms with Gasteiger partial charge in [0.1, 0.15) is 23.6 Å². The molecule has 186 valence electrons. The number of carboxylic acids is 1. The summed E-state index contributed by atoms with van der Waals surface area (Å²) in [6.07, 6.45) is 5.11. The van der Waals surface area contributed by atoms with Crippen molar-refractivity contribution < 1.29 is 14.6 Å². The van der Waals surface area contributed by atoms with Gasteiger partial charge in [-0.15, -0.1) is 5.10 Å². The molecule has 3 aromatic heterocycles. The molecule has 2 atom stereocenters. The van der Waals surface area contributed by atoms with E-state index in [0.29, 0.717) is 48.4 Å². The molecule has 11 nitrogen and oxygen atoms in total. The Balaban J connectivity index is 1.46. The molecule has 1 aliphatic carbocycles. The van der Waals surface area contributed by atoms with Gasteiger partial charge in [-0.25, -0.2) is 19.6 Å². The fraction of sp³-hybridized carbons (Fsp3) is 0.542. The molecule has 3 heterocycles. The van der Waals surface area contributed by atoms with E-state index in [4.69, 9.17) is 9.72 Å². The summed E-state index contributed by atoms with van der Waals surface area (Å²) in [5.41, 5.74) is 2.91. The third kappa shape index (κ3) is 6.09. The highest BCUT2D eigenvalue weighted by Crippen LogP contribution is 2.30. The second kappa shape index (κ2) is 10.7. The lowest BCUT2D eigenvalue weighted by Gasteiger charge is -2.27. The molecule has 0 saturated heterocycles. The zero-order valence-corrected chi connectivity index (χ0v) is 20.6. The number of hydrogen-bond acceptors (Lipinski definition) is 9. The van der Waals surface area contributed by atoms with E-state index in [1.165, 1.54) is 6.33 Å². The van der Waals surface area contributed by atoms with Crippen LogP contribution in [0.2, 0.25) is 0 Å². The smallest absolute Gasteiger partial charge is 0.306 e. The molecule has 0 radical (unpaired) electrons. The predicted molar refractivity (Wildman–Crippen MR) is 129 cm³/mol. The Bertz CT molecular complexity index is 1180. The first-order chi connectivity index (χ1) is 16.8. The number of aromatic nitrogens is 7. The maximum absolute atomic E-state index is 11.4. The Kier molecular flexibility index (Phi) is 7.52. The molecular formula is C24H32N8O3. The van der Waals surface area contributed by atoms with E-state index in [1.54, 1.807) is 4.68 Å². The minimum absolute atomic E-state index is 0.117. The SMILES string of the molecule is Cc1nc(-c2nnn(C)c2CNc2ncnc(CC(C)C)n2)ccc1O[C@H]1CCC[C@H](C(=O)O)C1. The van der Waals surface area contributed by atoms with Gasteiger partial charge in [-0.2, -0.15) is 4.98 Å². The predicted octanol–water partition coefficient (Wildman–Crippen LogP) is 3.20. The number of carbonyl (C=O) groups is 1. The Morgan fingerprint density at radius 3 is 2.83 bits per heavy atom. The van der Waals surface area contributed by atoms with Crippen LogP contribution in [0.3, 0.4) is 0 Å². The Labute approximate surface area is 204 Å². The second-order valence-electron chi connectivity index (χ2n) is 9.41. The fourth-order valence-corrected chi connectivity index (χ4v) is 4.28. The number of anilines is 1. The molecule has 1 saturated carbocycles. The molecule has 1 aliphatic rings. The third-order valence-corrected chi connectivity index (χ3v) is 6.12. The van der Waals surface area contributed by atoms with Crippen molar-refractivity contribution >= 4 is 11.9 Å². The zero-order chi connectivity index (χ0) is 24.9. The van der Waals surface area contributed by atoms with E-state index in [1.807, 2.05) is 26.1 Å². The molecule has 0 bridgehead atoms. The van der Waals surface area contributed by atoms with Crippen molar-refractivity contribution in [2.75, 3.05) is 5.32 Å². The molecule has 0 unspecified atom stereocenters. The average molecular weight is 481 g/mol. The number of ether oxygens (including phenoxy) is 1. The lowest BCUT2D eigenvalue weighted by atomic mass is 9.87. The van der Waals surface area contributed by atoms with Crippen molar-refractivity contribution in [3.8, 4) is 17.1 Å². The van der Waals surface area contributed by atoms with Crippen molar-refractivity contribution in [2.24, 2.45) is 18.9 Å². The van der Waals surface area contributed by atoms with E-state index in [0.717, 1.165) is 36.5 Å². The van der Waals surface area contributed by atoms with Crippen LogP contribution in [-0.2, 0) is 24.8 Å². The van der Waals surface area contributed by atoms with Gasteiger partial charge in [-0.05, 0) is 50.7 Å². The number of carboxylic acid groups (broad SMARTS) is 1. The minimum Gasteiger partial charge on any atom is -0.489 e. The van der Waals surface area contributed by atoms with Crippen LogP contribution in [0.25, 0.3) is 11.4 Å². The highest BCUT2D eigenvalue weighted by atomic mass is 16.5. The summed E-state index contributed by atoms with van der Waals surface area (Å²) in [5.74, 6) is 1.28. The molecular weight excluding hydrogens is 448 g/mol. The molecule has 0 aliphatic heterocycles. The molecule has 2 N–H and O–H groups in total. The summed E-state index contributed by atoms with van der Waals surface area (Å²) in [5, 5.41) is 21.1. The van der Waals surface area contributed by atoms with Crippen molar-refractivity contribution in [2.45, 2.75) is 65.5 Å². The van der Waals surface area contributed by atoms with Gasteiger partial charge in [0.2, 0.25) is 5.95 Å². The van der Waals surface area contributed by atoms with Crippen LogP contribution in [0.4, 0.5) is 5.95 Å². The number of aliphatic carboxylic acids is 1. The van der Waals surface area contributed by atoms with Crippen molar-refractivity contribution in [3.63, 3.8) is 0 Å². The molecule has 4 rings (SSSR count). The Hall–Kier alpha value is -3.63. The van der Waals surface area contributed by atoms with Gasteiger partial charge in [-0.1, -0.05) is 19.1 Å². The number of nitrogens with one attached hydrogen (secondary N) is 1. The summed E-state index contributed by atoms with van der Waals surface area (Å²) in [4.78, 5) is 29.0. The Morgan fingerprint density at radius 2 is 2.09 bits per heavy atom. The molecule has 0 aromatic carbocycles. The summed E-state index contributed by atoms with van der Waals surface area (Å²) < 4.78 is 7.84. The van der Waals surface area contributed by atoms with Crippen LogP contribution in [0.15, 0.2) is 18.5 Å². The minimum atomic E-state index is -0.749. The van der Waals surface area contributed by atoms with Crippen LogP contribution in [0.1, 0.15) is 56.7 Å². The van der Waals surface area contributed by atoms with Crippen molar-refractivity contribution in [3.05, 3.63) is 35.7 Å². The van der Waals surface area contributed by atoms with Gasteiger partial charge in [0, 0.05) is 13.5 Å². The van der Waals surface area contributed by atoms with E-state index < -0.39 is 5.97 Å². The number of aryl methyl sites for hydroxylation is 2. The summed E-state index contributed by atoms with van der Waals surface area (Å²) in [6, 6.07) is 3.73. The van der Waals surface area contributed by atoms with Crippen LogP contribution >= 0.6 is 0 Å². The normalized spacial score (nSPS) is 18.0. The van der Waals surface area contributed by atoms with Crippen LogP contribution in [-0.4, -0.2) is 52.1 Å². The molecule has 35 heavy (non-hydrogen) atoms. The Morgan fingerprint density at radius 1 is 1.26 bits per heavy atom. The van der Waals surface area contributed by atoms with Crippen LogP contribution in [0.5, 0.6) is 5.75 Å². The van der Waals surface area contributed by atoms with E-state index in [9.17, 15) is 9.90 Å². The van der Waals surface area contributed by atoms with E-state index in [2.05, 4.69) is 44.4 Å². The topological polar surface area (TPSA) is 141 Å². The lowest BCUT2D eigenvalue weighted by Crippen LogP contribution is -2.29. The van der Waals surface area contributed by atoms with Crippen molar-refractivity contribution in [1.29, 1.82) is 0 Å². The van der Waals surface area contributed by atoms with Gasteiger partial charge in [-0.3, -0.25) is 4.79 Å². The molecule has 3 aromatic rings. The number of pyridine rings is 1.